The summed E-state index contributed by atoms with van der Waals surface area (Å²) in [5.74, 6) is 0. The molecule has 0 bridgehead atoms. The average molecular weight is 319 g/mol. The summed E-state index contributed by atoms with van der Waals surface area (Å²) in [5, 5.41) is 0. The molecule has 0 fully saturated rings. The van der Waals surface area contributed by atoms with Crippen molar-refractivity contribution in [3.05, 3.63) is 63.9 Å². The lowest BCUT2D eigenvalue weighted by Gasteiger charge is -2.12. The van der Waals surface area contributed by atoms with E-state index in [1.54, 1.807) is 6.20 Å². The number of nitrogens with zero attached hydrogens (tertiary/aromatic N) is 1. The number of halogens is 1. The fourth-order valence-corrected chi connectivity index (χ4v) is 2.60. The van der Waals surface area contributed by atoms with Crippen molar-refractivity contribution in [2.75, 3.05) is 0 Å². The highest BCUT2D eigenvalue weighted by molar-refractivity contribution is 9.10. The number of hydrogen-bond acceptors (Lipinski definition) is 2. The van der Waals surface area contributed by atoms with Crippen LogP contribution in [0.2, 0.25) is 0 Å². The Kier molecular flexibility index (Phi) is 5.11. The van der Waals surface area contributed by atoms with E-state index in [1.165, 1.54) is 16.7 Å². The molecule has 0 amide bonds. The normalized spacial score (nSPS) is 12.4. The minimum Gasteiger partial charge on any atom is -0.327 e. The predicted octanol–water partition coefficient (Wildman–Crippen LogP) is 3.66. The topological polar surface area (TPSA) is 38.9 Å². The fourth-order valence-electron chi connectivity index (χ4n) is 2.19. The van der Waals surface area contributed by atoms with Crippen molar-refractivity contribution in [1.82, 2.24) is 4.98 Å². The van der Waals surface area contributed by atoms with E-state index in [0.29, 0.717) is 0 Å². The molecule has 0 saturated heterocycles. The molecule has 0 aliphatic carbocycles. The molecule has 100 valence electrons. The molecule has 1 aromatic carbocycles. The highest BCUT2D eigenvalue weighted by Gasteiger charge is 2.05. The molecule has 2 nitrogen and oxygen atoms in total. The smallest absolute Gasteiger partial charge is 0.0410 e. The van der Waals surface area contributed by atoms with Gasteiger partial charge in [-0.05, 0) is 59.3 Å². The first kappa shape index (κ1) is 14.2. The van der Waals surface area contributed by atoms with Gasteiger partial charge in [0.15, 0.2) is 0 Å². The summed E-state index contributed by atoms with van der Waals surface area (Å²) in [6, 6.07) is 10.9. The van der Waals surface area contributed by atoms with E-state index in [-0.39, 0.29) is 6.04 Å². The van der Waals surface area contributed by atoms with E-state index < -0.39 is 0 Å². The Morgan fingerprint density at radius 2 is 2.05 bits per heavy atom. The van der Waals surface area contributed by atoms with E-state index in [4.69, 9.17) is 5.73 Å². The van der Waals surface area contributed by atoms with E-state index in [2.05, 4.69) is 58.2 Å². The van der Waals surface area contributed by atoms with Gasteiger partial charge in [0.25, 0.3) is 0 Å². The van der Waals surface area contributed by atoms with Crippen molar-refractivity contribution in [1.29, 1.82) is 0 Å². The fraction of sp³-hybridized carbons (Fsp3) is 0.312. The molecule has 0 saturated carbocycles. The predicted molar refractivity (Wildman–Crippen MR) is 83.1 cm³/mol. The summed E-state index contributed by atoms with van der Waals surface area (Å²) in [7, 11) is 0. The van der Waals surface area contributed by atoms with Gasteiger partial charge in [0.1, 0.15) is 0 Å². The average Bonchev–Trinajstić information content (AvgIpc) is 2.36. The maximum atomic E-state index is 6.20. The van der Waals surface area contributed by atoms with Crippen LogP contribution in [0.5, 0.6) is 0 Å². The van der Waals surface area contributed by atoms with Crippen molar-refractivity contribution in [2.45, 2.75) is 32.2 Å². The Morgan fingerprint density at radius 1 is 1.21 bits per heavy atom. The van der Waals surface area contributed by atoms with Gasteiger partial charge < -0.3 is 5.73 Å². The molecule has 2 N–H and O–H groups in total. The zero-order chi connectivity index (χ0) is 13.7. The van der Waals surface area contributed by atoms with E-state index in [9.17, 15) is 0 Å². The number of nitrogens with two attached hydrogens (primary N) is 1. The van der Waals surface area contributed by atoms with Crippen LogP contribution in [0.25, 0.3) is 0 Å². The first-order chi connectivity index (χ1) is 9.13. The first-order valence-electron chi connectivity index (χ1n) is 6.54. The highest BCUT2D eigenvalue weighted by Crippen LogP contribution is 2.13. The monoisotopic (exact) mass is 318 g/mol. The maximum absolute atomic E-state index is 6.20. The minimum atomic E-state index is 0.177. The third kappa shape index (κ3) is 4.77. The zero-order valence-electron chi connectivity index (χ0n) is 11.1. The van der Waals surface area contributed by atoms with Crippen LogP contribution in [-0.4, -0.2) is 11.0 Å². The molecule has 2 aromatic rings. The second-order valence-corrected chi connectivity index (χ2v) is 5.92. The molecule has 0 spiro atoms. The van der Waals surface area contributed by atoms with E-state index in [0.717, 1.165) is 23.7 Å². The quantitative estimate of drug-likeness (QED) is 0.913. The second-order valence-electron chi connectivity index (χ2n) is 5.00. The highest BCUT2D eigenvalue weighted by atomic mass is 79.9. The number of hydrogen-bond donors (Lipinski definition) is 1. The van der Waals surface area contributed by atoms with Crippen LogP contribution in [0.4, 0.5) is 0 Å². The number of rotatable bonds is 5. The molecular weight excluding hydrogens is 300 g/mol. The maximum Gasteiger partial charge on any atom is 0.0410 e. The molecule has 1 unspecified atom stereocenters. The lowest BCUT2D eigenvalue weighted by molar-refractivity contribution is 0.609. The molecule has 19 heavy (non-hydrogen) atoms. The molecule has 1 aromatic heterocycles. The Balaban J connectivity index is 1.86. The third-order valence-electron chi connectivity index (χ3n) is 3.15. The summed E-state index contributed by atoms with van der Waals surface area (Å²) < 4.78 is 1.01. The number of aromatic nitrogens is 1. The van der Waals surface area contributed by atoms with Gasteiger partial charge in [-0.25, -0.2) is 0 Å². The summed E-state index contributed by atoms with van der Waals surface area (Å²) >= 11 is 3.43. The Labute approximate surface area is 123 Å². The number of pyridine rings is 1. The van der Waals surface area contributed by atoms with Crippen molar-refractivity contribution in [3.63, 3.8) is 0 Å². The lowest BCUT2D eigenvalue weighted by atomic mass is 10.00. The molecular formula is C16H19BrN2. The van der Waals surface area contributed by atoms with Gasteiger partial charge in [0.2, 0.25) is 0 Å². The van der Waals surface area contributed by atoms with Crippen LogP contribution in [-0.2, 0) is 12.8 Å². The second kappa shape index (κ2) is 6.83. The summed E-state index contributed by atoms with van der Waals surface area (Å²) in [5.41, 5.74) is 10.1. The van der Waals surface area contributed by atoms with Gasteiger partial charge in [0, 0.05) is 22.9 Å². The van der Waals surface area contributed by atoms with Crippen molar-refractivity contribution < 1.29 is 0 Å². The van der Waals surface area contributed by atoms with Gasteiger partial charge in [-0.1, -0.05) is 29.8 Å². The summed E-state index contributed by atoms with van der Waals surface area (Å²) in [6.45, 7) is 2.12. The lowest BCUT2D eigenvalue weighted by Crippen LogP contribution is -2.23. The SMILES string of the molecule is Cc1cccc(CCC(N)Cc2cncc(Br)c2)c1. The van der Waals surface area contributed by atoms with Gasteiger partial charge in [-0.3, -0.25) is 4.98 Å². The molecule has 0 aliphatic rings. The zero-order valence-corrected chi connectivity index (χ0v) is 12.7. The van der Waals surface area contributed by atoms with Crippen molar-refractivity contribution in [2.24, 2.45) is 5.73 Å². The Bertz CT molecular complexity index is 540. The number of benzene rings is 1. The number of aryl methyl sites for hydroxylation is 2. The van der Waals surface area contributed by atoms with Crippen LogP contribution >= 0.6 is 15.9 Å². The van der Waals surface area contributed by atoms with Crippen LogP contribution in [0.15, 0.2) is 47.2 Å². The largest absolute Gasteiger partial charge is 0.327 e. The van der Waals surface area contributed by atoms with Crippen LogP contribution < -0.4 is 5.73 Å². The molecule has 1 atom stereocenters. The van der Waals surface area contributed by atoms with Crippen molar-refractivity contribution >= 4 is 15.9 Å². The summed E-state index contributed by atoms with van der Waals surface area (Å²) in [6.07, 6.45) is 6.58. The van der Waals surface area contributed by atoms with Gasteiger partial charge >= 0.3 is 0 Å². The van der Waals surface area contributed by atoms with Crippen LogP contribution in [0.1, 0.15) is 23.1 Å². The standard InChI is InChI=1S/C16H19BrN2/c1-12-3-2-4-13(7-12)5-6-16(18)9-14-8-15(17)11-19-10-14/h2-4,7-8,10-11,16H,5-6,9,18H2,1H3. The molecule has 3 heteroatoms. The Morgan fingerprint density at radius 3 is 2.79 bits per heavy atom. The van der Waals surface area contributed by atoms with Crippen LogP contribution in [0, 0.1) is 6.92 Å². The van der Waals surface area contributed by atoms with E-state index in [1.807, 2.05) is 6.20 Å². The first-order valence-corrected chi connectivity index (χ1v) is 7.33. The Hall–Kier alpha value is -1.19. The molecule has 1 heterocycles. The van der Waals surface area contributed by atoms with Gasteiger partial charge in [-0.15, -0.1) is 0 Å². The van der Waals surface area contributed by atoms with Gasteiger partial charge in [-0.2, -0.15) is 0 Å². The van der Waals surface area contributed by atoms with Crippen LogP contribution in [0.3, 0.4) is 0 Å². The third-order valence-corrected chi connectivity index (χ3v) is 3.58. The van der Waals surface area contributed by atoms with Gasteiger partial charge in [0.05, 0.1) is 0 Å². The van der Waals surface area contributed by atoms with Crippen molar-refractivity contribution in [3.8, 4) is 0 Å². The molecule has 2 rings (SSSR count). The minimum absolute atomic E-state index is 0.177. The molecule has 0 aliphatic heterocycles. The van der Waals surface area contributed by atoms with E-state index >= 15 is 0 Å². The molecule has 0 radical (unpaired) electrons. The summed E-state index contributed by atoms with van der Waals surface area (Å²) in [4.78, 5) is 4.16.